The van der Waals surface area contributed by atoms with E-state index in [1.165, 1.54) is 7.05 Å². The maximum absolute atomic E-state index is 12.7. The maximum Gasteiger partial charge on any atom is 0.235 e. The Labute approximate surface area is 147 Å². The number of rotatable bonds is 6. The average molecular weight is 375 g/mol. The van der Waals surface area contributed by atoms with Crippen LogP contribution in [0.15, 0.2) is 24.3 Å². The minimum Gasteiger partial charge on any atom is -0.351 e. The van der Waals surface area contributed by atoms with Gasteiger partial charge in [0.1, 0.15) is 5.25 Å². The Morgan fingerprint density at radius 3 is 2.29 bits per heavy atom. The third-order valence-corrected chi connectivity index (χ3v) is 6.83. The Kier molecular flexibility index (Phi) is 6.22. The normalized spacial score (nSPS) is 24.3. The Bertz CT molecular complexity index is 670. The maximum atomic E-state index is 12.7. The molecular weight excluding hydrogens is 352 g/mol. The second kappa shape index (κ2) is 7.79. The smallest absolute Gasteiger partial charge is 0.235 e. The molecule has 7 nitrogen and oxygen atoms in total. The Balaban J connectivity index is 1.92. The predicted molar refractivity (Wildman–Crippen MR) is 93.8 cm³/mol. The lowest BCUT2D eigenvalue weighted by Crippen LogP contribution is -2.48. The van der Waals surface area contributed by atoms with E-state index in [1.54, 1.807) is 26.0 Å². The van der Waals surface area contributed by atoms with Gasteiger partial charge in [0.2, 0.25) is 15.9 Å². The summed E-state index contributed by atoms with van der Waals surface area (Å²) in [5.74, 6) is -0.352. The molecule has 0 aromatic heterocycles. The molecule has 1 aliphatic rings. The SMILES string of the molecule is CC1NNC(C)C1S(=O)(=O)N(C)CC(=O)NCc1ccc(Cl)cc1. The molecule has 0 spiro atoms. The van der Waals surface area contributed by atoms with Crippen molar-refractivity contribution in [3.8, 4) is 0 Å². The number of amides is 1. The van der Waals surface area contributed by atoms with Crippen LogP contribution in [-0.4, -0.2) is 49.6 Å². The molecule has 1 amide bonds. The fourth-order valence-electron chi connectivity index (χ4n) is 2.73. The van der Waals surface area contributed by atoms with Crippen molar-refractivity contribution in [2.24, 2.45) is 0 Å². The van der Waals surface area contributed by atoms with Crippen LogP contribution >= 0.6 is 11.6 Å². The minimum atomic E-state index is -3.59. The molecule has 0 saturated carbocycles. The standard InChI is InChI=1S/C15H23ClN4O3S/c1-10-15(11(2)19-18-10)24(22,23)20(3)9-14(21)17-8-12-4-6-13(16)7-5-12/h4-7,10-11,15,18-19H,8-9H2,1-3H3,(H,17,21). The number of sulfonamides is 1. The van der Waals surface area contributed by atoms with E-state index < -0.39 is 15.3 Å². The number of carbonyl (C=O) groups is 1. The van der Waals surface area contributed by atoms with Gasteiger partial charge in [-0.1, -0.05) is 23.7 Å². The number of likely N-dealkylation sites (N-methyl/N-ethyl adjacent to an activating group) is 1. The Morgan fingerprint density at radius 1 is 1.21 bits per heavy atom. The molecule has 1 aliphatic heterocycles. The van der Waals surface area contributed by atoms with Crippen molar-refractivity contribution in [1.82, 2.24) is 20.5 Å². The zero-order valence-electron chi connectivity index (χ0n) is 13.9. The lowest BCUT2D eigenvalue weighted by Gasteiger charge is -2.25. The number of hydrogen-bond acceptors (Lipinski definition) is 5. The highest BCUT2D eigenvalue weighted by molar-refractivity contribution is 7.89. The fraction of sp³-hybridized carbons (Fsp3) is 0.533. The molecule has 1 aromatic carbocycles. The van der Waals surface area contributed by atoms with E-state index in [0.717, 1.165) is 9.87 Å². The molecule has 1 aromatic rings. The lowest BCUT2D eigenvalue weighted by atomic mass is 10.2. The van der Waals surface area contributed by atoms with Gasteiger partial charge in [-0.3, -0.25) is 15.6 Å². The number of benzene rings is 1. The van der Waals surface area contributed by atoms with Crippen LogP contribution in [0, 0.1) is 0 Å². The Morgan fingerprint density at radius 2 is 1.75 bits per heavy atom. The number of nitrogens with one attached hydrogen (secondary N) is 3. The van der Waals surface area contributed by atoms with Crippen molar-refractivity contribution in [1.29, 1.82) is 0 Å². The van der Waals surface area contributed by atoms with Gasteiger partial charge in [0.05, 0.1) is 6.54 Å². The highest BCUT2D eigenvalue weighted by Gasteiger charge is 2.42. The quantitative estimate of drug-likeness (QED) is 0.673. The molecule has 24 heavy (non-hydrogen) atoms. The van der Waals surface area contributed by atoms with Gasteiger partial charge in [0, 0.05) is 30.7 Å². The molecule has 0 radical (unpaired) electrons. The molecule has 2 atom stereocenters. The number of hydrogen-bond donors (Lipinski definition) is 3. The molecule has 1 heterocycles. The van der Waals surface area contributed by atoms with Crippen LogP contribution < -0.4 is 16.2 Å². The first-order valence-corrected chi connectivity index (χ1v) is 9.57. The molecule has 0 aliphatic carbocycles. The molecule has 9 heteroatoms. The van der Waals surface area contributed by atoms with E-state index in [4.69, 9.17) is 11.6 Å². The van der Waals surface area contributed by atoms with Gasteiger partial charge < -0.3 is 5.32 Å². The molecule has 2 unspecified atom stereocenters. The van der Waals surface area contributed by atoms with E-state index in [2.05, 4.69) is 16.2 Å². The summed E-state index contributed by atoms with van der Waals surface area (Å²) in [6.07, 6.45) is 0. The molecule has 3 N–H and O–H groups in total. The number of nitrogens with zero attached hydrogens (tertiary/aromatic N) is 1. The highest BCUT2D eigenvalue weighted by Crippen LogP contribution is 2.18. The fourth-order valence-corrected chi connectivity index (χ4v) is 4.74. The topological polar surface area (TPSA) is 90.5 Å². The van der Waals surface area contributed by atoms with Crippen LogP contribution in [0.2, 0.25) is 5.02 Å². The van der Waals surface area contributed by atoms with Gasteiger partial charge in [0.25, 0.3) is 0 Å². The van der Waals surface area contributed by atoms with Crippen LogP contribution in [0.1, 0.15) is 19.4 Å². The molecular formula is C15H23ClN4O3S. The summed E-state index contributed by atoms with van der Waals surface area (Å²) in [4.78, 5) is 12.0. The zero-order chi connectivity index (χ0) is 17.9. The van der Waals surface area contributed by atoms with E-state index in [0.29, 0.717) is 11.6 Å². The first kappa shape index (κ1) is 19.1. The van der Waals surface area contributed by atoms with Crippen molar-refractivity contribution >= 4 is 27.5 Å². The van der Waals surface area contributed by atoms with Gasteiger partial charge in [-0.25, -0.2) is 8.42 Å². The van der Waals surface area contributed by atoms with Gasteiger partial charge in [-0.2, -0.15) is 4.31 Å². The van der Waals surface area contributed by atoms with Crippen LogP contribution in [0.5, 0.6) is 0 Å². The minimum absolute atomic E-state index is 0.216. The lowest BCUT2D eigenvalue weighted by molar-refractivity contribution is -0.121. The number of carbonyl (C=O) groups excluding carboxylic acids is 1. The van der Waals surface area contributed by atoms with E-state index >= 15 is 0 Å². The number of halogens is 1. The van der Waals surface area contributed by atoms with E-state index in [-0.39, 0.29) is 24.5 Å². The average Bonchev–Trinajstić information content (AvgIpc) is 2.86. The van der Waals surface area contributed by atoms with Crippen molar-refractivity contribution < 1.29 is 13.2 Å². The van der Waals surface area contributed by atoms with Crippen molar-refractivity contribution in [2.45, 2.75) is 37.7 Å². The Hall–Kier alpha value is -1.19. The molecule has 134 valence electrons. The zero-order valence-corrected chi connectivity index (χ0v) is 15.5. The van der Waals surface area contributed by atoms with Crippen molar-refractivity contribution in [2.75, 3.05) is 13.6 Å². The molecule has 1 fully saturated rings. The van der Waals surface area contributed by atoms with E-state index in [1.807, 2.05) is 12.1 Å². The van der Waals surface area contributed by atoms with Crippen LogP contribution in [-0.2, 0) is 21.4 Å². The predicted octanol–water partition coefficient (Wildman–Crippen LogP) is 0.471. The van der Waals surface area contributed by atoms with Gasteiger partial charge in [0.15, 0.2) is 0 Å². The van der Waals surface area contributed by atoms with Crippen LogP contribution in [0.3, 0.4) is 0 Å². The first-order chi connectivity index (χ1) is 11.2. The monoisotopic (exact) mass is 374 g/mol. The van der Waals surface area contributed by atoms with Crippen LogP contribution in [0.4, 0.5) is 0 Å². The van der Waals surface area contributed by atoms with Crippen molar-refractivity contribution in [3.63, 3.8) is 0 Å². The first-order valence-electron chi connectivity index (χ1n) is 7.69. The summed E-state index contributed by atoms with van der Waals surface area (Å²) in [6.45, 7) is 3.70. The molecule has 2 rings (SSSR count). The summed E-state index contributed by atoms with van der Waals surface area (Å²) in [5, 5.41) is 2.72. The van der Waals surface area contributed by atoms with Gasteiger partial charge >= 0.3 is 0 Å². The highest BCUT2D eigenvalue weighted by atomic mass is 35.5. The number of hydrazine groups is 1. The summed E-state index contributed by atoms with van der Waals surface area (Å²) >= 11 is 5.81. The molecule has 1 saturated heterocycles. The van der Waals surface area contributed by atoms with Crippen LogP contribution in [0.25, 0.3) is 0 Å². The summed E-state index contributed by atoms with van der Waals surface area (Å²) in [7, 11) is -2.17. The summed E-state index contributed by atoms with van der Waals surface area (Å²) in [6, 6.07) is 6.63. The summed E-state index contributed by atoms with van der Waals surface area (Å²) in [5.41, 5.74) is 6.73. The third kappa shape index (κ3) is 4.46. The van der Waals surface area contributed by atoms with Crippen molar-refractivity contribution in [3.05, 3.63) is 34.9 Å². The van der Waals surface area contributed by atoms with E-state index in [9.17, 15) is 13.2 Å². The third-order valence-electron chi connectivity index (χ3n) is 4.07. The summed E-state index contributed by atoms with van der Waals surface area (Å²) < 4.78 is 26.4. The van der Waals surface area contributed by atoms with Gasteiger partial charge in [-0.15, -0.1) is 0 Å². The molecule has 0 bridgehead atoms. The largest absolute Gasteiger partial charge is 0.351 e. The second-order valence-corrected chi connectivity index (χ2v) is 8.67. The van der Waals surface area contributed by atoms with Gasteiger partial charge in [-0.05, 0) is 31.5 Å². The second-order valence-electron chi connectivity index (χ2n) is 6.03.